The summed E-state index contributed by atoms with van der Waals surface area (Å²) in [6.45, 7) is 8.90. The van der Waals surface area contributed by atoms with Crippen LogP contribution in [0.15, 0.2) is 87.2 Å². The number of ether oxygens (including phenoxy) is 1. The first-order valence-electron chi connectivity index (χ1n) is 8.89. The molecular formula is C23H23FN2O. The summed E-state index contributed by atoms with van der Waals surface area (Å²) >= 11 is 0. The molecule has 1 aromatic rings. The van der Waals surface area contributed by atoms with Gasteiger partial charge >= 0.3 is 0 Å². The van der Waals surface area contributed by atoms with Gasteiger partial charge in [0.2, 0.25) is 0 Å². The molecule has 0 saturated carbocycles. The summed E-state index contributed by atoms with van der Waals surface area (Å²) in [7, 11) is 1.60. The number of benzene rings is 1. The molecule has 0 radical (unpaired) electrons. The second kappa shape index (κ2) is 8.12. The first-order chi connectivity index (χ1) is 13.0. The summed E-state index contributed by atoms with van der Waals surface area (Å²) in [4.78, 5) is 9.03. The number of halogens is 1. The number of nitrogens with zero attached hydrogens (tertiary/aromatic N) is 2. The Hall–Kier alpha value is -3.01. The van der Waals surface area contributed by atoms with Crippen LogP contribution in [-0.4, -0.2) is 25.6 Å². The summed E-state index contributed by atoms with van der Waals surface area (Å²) in [5, 5.41) is 0. The number of dihydropyridines is 1. The SMILES string of the molecule is C=C(/N=C1/C(OC)=CC(c2ccccc2F)=CC1=C(C)C)C1=CCCN=C1. The molecule has 27 heavy (non-hydrogen) atoms. The average molecular weight is 362 g/mol. The topological polar surface area (TPSA) is 34.0 Å². The lowest BCUT2D eigenvalue weighted by atomic mass is 9.91. The number of allylic oxidation sites excluding steroid dienone is 6. The third-order valence-corrected chi connectivity index (χ3v) is 4.45. The third-order valence-electron chi connectivity index (χ3n) is 4.45. The largest absolute Gasteiger partial charge is 0.494 e. The molecule has 4 heteroatoms. The van der Waals surface area contributed by atoms with E-state index in [-0.39, 0.29) is 5.82 Å². The van der Waals surface area contributed by atoms with Crippen LogP contribution >= 0.6 is 0 Å². The molecule has 1 heterocycles. The minimum absolute atomic E-state index is 0.267. The second-order valence-electron chi connectivity index (χ2n) is 6.60. The lowest BCUT2D eigenvalue weighted by Crippen LogP contribution is -2.14. The molecule has 138 valence electrons. The molecule has 0 atom stereocenters. The van der Waals surface area contributed by atoms with Gasteiger partial charge in [0.05, 0.1) is 12.8 Å². The van der Waals surface area contributed by atoms with Gasteiger partial charge in [-0.3, -0.25) is 4.99 Å². The van der Waals surface area contributed by atoms with Crippen LogP contribution < -0.4 is 0 Å². The van der Waals surface area contributed by atoms with Crippen molar-refractivity contribution in [2.24, 2.45) is 9.98 Å². The molecule has 0 N–H and O–H groups in total. The van der Waals surface area contributed by atoms with Crippen molar-refractivity contribution >= 4 is 17.5 Å². The van der Waals surface area contributed by atoms with Crippen LogP contribution in [0.4, 0.5) is 4.39 Å². The van der Waals surface area contributed by atoms with E-state index in [2.05, 4.69) is 17.6 Å². The first-order valence-corrected chi connectivity index (χ1v) is 8.89. The van der Waals surface area contributed by atoms with Gasteiger partial charge in [0, 0.05) is 29.5 Å². The molecule has 0 unspecified atom stereocenters. The van der Waals surface area contributed by atoms with Gasteiger partial charge in [-0.1, -0.05) is 36.4 Å². The Morgan fingerprint density at radius 3 is 2.63 bits per heavy atom. The van der Waals surface area contributed by atoms with Gasteiger partial charge in [-0.15, -0.1) is 0 Å². The Labute approximate surface area is 159 Å². The van der Waals surface area contributed by atoms with Crippen LogP contribution in [0.3, 0.4) is 0 Å². The highest BCUT2D eigenvalue weighted by Gasteiger charge is 2.22. The number of hydrogen-bond acceptors (Lipinski definition) is 3. The molecule has 0 bridgehead atoms. The van der Waals surface area contributed by atoms with Gasteiger partial charge in [0.15, 0.2) is 0 Å². The maximum Gasteiger partial charge on any atom is 0.145 e. The van der Waals surface area contributed by atoms with Gasteiger partial charge in [-0.05, 0) is 44.1 Å². The van der Waals surface area contributed by atoms with Crippen LogP contribution in [0.2, 0.25) is 0 Å². The van der Waals surface area contributed by atoms with E-state index in [0.29, 0.717) is 22.7 Å². The molecule has 0 fully saturated rings. The molecule has 0 spiro atoms. The summed E-state index contributed by atoms with van der Waals surface area (Å²) in [5.41, 5.74) is 5.50. The number of rotatable bonds is 4. The van der Waals surface area contributed by atoms with Crippen molar-refractivity contribution in [2.45, 2.75) is 20.3 Å². The lowest BCUT2D eigenvalue weighted by molar-refractivity contribution is 0.315. The fourth-order valence-corrected chi connectivity index (χ4v) is 3.01. The first kappa shape index (κ1) is 18.8. The summed E-state index contributed by atoms with van der Waals surface area (Å²) in [6.07, 6.45) is 8.54. The Bertz CT molecular complexity index is 954. The van der Waals surface area contributed by atoms with Crippen molar-refractivity contribution in [3.05, 3.63) is 88.6 Å². The van der Waals surface area contributed by atoms with E-state index in [9.17, 15) is 4.39 Å². The Morgan fingerprint density at radius 2 is 2.00 bits per heavy atom. The van der Waals surface area contributed by atoms with Crippen LogP contribution in [-0.2, 0) is 4.74 Å². The zero-order chi connectivity index (χ0) is 19.4. The highest BCUT2D eigenvalue weighted by molar-refractivity contribution is 6.18. The molecule has 1 aliphatic heterocycles. The normalized spacial score (nSPS) is 18.0. The summed E-state index contributed by atoms with van der Waals surface area (Å²) < 4.78 is 19.9. The Kier molecular flexibility index (Phi) is 5.65. The predicted molar refractivity (Wildman–Crippen MR) is 110 cm³/mol. The monoisotopic (exact) mass is 362 g/mol. The molecule has 3 nitrogen and oxygen atoms in total. The van der Waals surface area contributed by atoms with E-state index in [1.807, 2.05) is 32.1 Å². The Morgan fingerprint density at radius 1 is 1.22 bits per heavy atom. The van der Waals surface area contributed by atoms with Crippen molar-refractivity contribution < 1.29 is 9.13 Å². The fourth-order valence-electron chi connectivity index (χ4n) is 3.01. The molecule has 0 amide bonds. The van der Waals surface area contributed by atoms with E-state index in [0.717, 1.165) is 35.3 Å². The molecule has 3 rings (SSSR count). The average Bonchev–Trinajstić information content (AvgIpc) is 2.69. The van der Waals surface area contributed by atoms with E-state index >= 15 is 0 Å². The highest BCUT2D eigenvalue weighted by Crippen LogP contribution is 2.31. The zero-order valence-corrected chi connectivity index (χ0v) is 15.9. The highest BCUT2D eigenvalue weighted by atomic mass is 19.1. The van der Waals surface area contributed by atoms with E-state index in [1.54, 1.807) is 25.5 Å². The molecule has 0 aromatic heterocycles. The van der Waals surface area contributed by atoms with E-state index in [4.69, 9.17) is 9.73 Å². The number of aliphatic imine (C=N–C) groups is 2. The summed E-state index contributed by atoms with van der Waals surface area (Å²) in [5.74, 6) is 0.318. The van der Waals surface area contributed by atoms with Crippen molar-refractivity contribution in [1.29, 1.82) is 0 Å². The van der Waals surface area contributed by atoms with Gasteiger partial charge in [-0.25, -0.2) is 9.38 Å². The minimum Gasteiger partial charge on any atom is -0.494 e. The minimum atomic E-state index is -0.267. The van der Waals surface area contributed by atoms with Crippen LogP contribution in [0, 0.1) is 5.82 Å². The van der Waals surface area contributed by atoms with Crippen molar-refractivity contribution in [1.82, 2.24) is 0 Å². The van der Waals surface area contributed by atoms with Crippen molar-refractivity contribution in [3.63, 3.8) is 0 Å². The quantitative estimate of drug-likeness (QED) is 0.702. The van der Waals surface area contributed by atoms with Gasteiger partial charge in [0.25, 0.3) is 0 Å². The molecule has 0 saturated heterocycles. The van der Waals surface area contributed by atoms with E-state index < -0.39 is 0 Å². The number of methoxy groups -OCH3 is 1. The van der Waals surface area contributed by atoms with Gasteiger partial charge in [0.1, 0.15) is 17.3 Å². The second-order valence-corrected chi connectivity index (χ2v) is 6.60. The zero-order valence-electron chi connectivity index (χ0n) is 15.9. The van der Waals surface area contributed by atoms with Gasteiger partial charge < -0.3 is 4.74 Å². The predicted octanol–water partition coefficient (Wildman–Crippen LogP) is 5.45. The standard InChI is InChI=1S/C23H23FN2O/c1-15(2)20-12-18(19-9-5-6-10-21(19)24)13-22(27-4)23(20)26-16(3)17-8-7-11-25-14-17/h5-6,8-10,12-14H,3,7,11H2,1-2,4H3/b26-23+. The Balaban J connectivity index is 2.08. The van der Waals surface area contributed by atoms with E-state index in [1.165, 1.54) is 6.07 Å². The molecule has 2 aliphatic rings. The fraction of sp³-hybridized carbons (Fsp3) is 0.217. The smallest absolute Gasteiger partial charge is 0.145 e. The molecular weight excluding hydrogens is 339 g/mol. The van der Waals surface area contributed by atoms with Crippen LogP contribution in [0.5, 0.6) is 0 Å². The van der Waals surface area contributed by atoms with Gasteiger partial charge in [-0.2, -0.15) is 0 Å². The molecule has 1 aliphatic carbocycles. The summed E-state index contributed by atoms with van der Waals surface area (Å²) in [6, 6.07) is 6.72. The van der Waals surface area contributed by atoms with Crippen molar-refractivity contribution in [3.8, 4) is 0 Å². The van der Waals surface area contributed by atoms with Crippen LogP contribution in [0.25, 0.3) is 5.57 Å². The maximum atomic E-state index is 14.3. The third kappa shape index (κ3) is 4.05. The van der Waals surface area contributed by atoms with Crippen molar-refractivity contribution in [2.75, 3.05) is 13.7 Å². The lowest BCUT2D eigenvalue weighted by Gasteiger charge is -2.20. The van der Waals surface area contributed by atoms with Crippen LogP contribution in [0.1, 0.15) is 25.8 Å². The number of hydrogen-bond donors (Lipinski definition) is 0. The molecule has 1 aromatic carbocycles. The maximum absolute atomic E-state index is 14.3.